The van der Waals surface area contributed by atoms with Gasteiger partial charge in [0.05, 0.1) is 35.5 Å². The molecule has 3 heterocycles. The average Bonchev–Trinajstić information content (AvgIpc) is 3.37. The van der Waals surface area contributed by atoms with Crippen molar-refractivity contribution in [3.63, 3.8) is 0 Å². The first-order chi connectivity index (χ1) is 15.3. The number of nitrogens with zero attached hydrogens (tertiary/aromatic N) is 5. The smallest absolute Gasteiger partial charge is 0.410 e. The van der Waals surface area contributed by atoms with Crippen LogP contribution < -0.4 is 0 Å². The fraction of sp³-hybridized carbons (Fsp3) is 0.250. The molecule has 2 aromatic heterocycles. The van der Waals surface area contributed by atoms with Gasteiger partial charge in [0.15, 0.2) is 0 Å². The predicted octanol–water partition coefficient (Wildman–Crippen LogP) is 4.87. The number of hydrogen-bond donors (Lipinski definition) is 0. The zero-order valence-electron chi connectivity index (χ0n) is 18.0. The summed E-state index contributed by atoms with van der Waals surface area (Å²) in [6.07, 6.45) is 1.27. The van der Waals surface area contributed by atoms with Crippen LogP contribution >= 0.6 is 0 Å². The summed E-state index contributed by atoms with van der Waals surface area (Å²) in [7, 11) is 0. The van der Waals surface area contributed by atoms with Crippen molar-refractivity contribution >= 4 is 17.1 Å². The molecule has 2 aromatic carbocycles. The molecule has 7 nitrogen and oxygen atoms in total. The molecule has 0 saturated heterocycles. The van der Waals surface area contributed by atoms with E-state index in [1.165, 1.54) is 12.1 Å². The summed E-state index contributed by atoms with van der Waals surface area (Å²) in [5.41, 5.74) is 4.08. The third-order valence-corrected chi connectivity index (χ3v) is 5.21. The van der Waals surface area contributed by atoms with Crippen LogP contribution in [0, 0.1) is 5.82 Å². The summed E-state index contributed by atoms with van der Waals surface area (Å²) >= 11 is 0. The molecule has 1 aliphatic rings. The zero-order chi connectivity index (χ0) is 22.5. The minimum Gasteiger partial charge on any atom is -0.444 e. The first-order valence-electron chi connectivity index (χ1n) is 10.3. The highest BCUT2D eigenvalue weighted by Gasteiger charge is 2.32. The van der Waals surface area contributed by atoms with Gasteiger partial charge in [-0.05, 0) is 57.2 Å². The molecule has 162 valence electrons. The van der Waals surface area contributed by atoms with Crippen LogP contribution in [-0.4, -0.2) is 36.1 Å². The Morgan fingerprint density at radius 3 is 2.53 bits per heavy atom. The predicted molar refractivity (Wildman–Crippen MR) is 118 cm³/mol. The van der Waals surface area contributed by atoms with Gasteiger partial charge in [-0.3, -0.25) is 9.47 Å². The van der Waals surface area contributed by atoms with E-state index < -0.39 is 11.7 Å². The van der Waals surface area contributed by atoms with Gasteiger partial charge in [0.2, 0.25) is 5.95 Å². The lowest BCUT2D eigenvalue weighted by Crippen LogP contribution is -2.33. The van der Waals surface area contributed by atoms with Crippen molar-refractivity contribution in [1.29, 1.82) is 0 Å². The summed E-state index contributed by atoms with van der Waals surface area (Å²) in [4.78, 5) is 28.3. The Kier molecular flexibility index (Phi) is 4.65. The van der Waals surface area contributed by atoms with Gasteiger partial charge in [-0.25, -0.2) is 24.1 Å². The number of fused-ring (bicyclic) bond motifs is 2. The van der Waals surface area contributed by atoms with Crippen molar-refractivity contribution in [3.05, 3.63) is 71.9 Å². The number of amides is 1. The Balaban J connectivity index is 1.62. The van der Waals surface area contributed by atoms with Crippen molar-refractivity contribution in [2.24, 2.45) is 0 Å². The monoisotopic (exact) mass is 431 g/mol. The second-order valence-corrected chi connectivity index (χ2v) is 8.74. The number of benzene rings is 2. The molecule has 8 heteroatoms. The molecule has 0 atom stereocenters. The number of rotatable bonds is 2. The maximum Gasteiger partial charge on any atom is 0.410 e. The maximum absolute atomic E-state index is 13.6. The van der Waals surface area contributed by atoms with Crippen LogP contribution in [0.5, 0.6) is 0 Å². The molecular weight excluding hydrogens is 409 g/mol. The molecule has 0 aliphatic carbocycles. The fourth-order valence-electron chi connectivity index (χ4n) is 3.77. The van der Waals surface area contributed by atoms with Gasteiger partial charge < -0.3 is 4.74 Å². The lowest BCUT2D eigenvalue weighted by atomic mass is 10.1. The Bertz CT molecular complexity index is 1320. The van der Waals surface area contributed by atoms with Crippen molar-refractivity contribution in [2.75, 3.05) is 0 Å². The van der Waals surface area contributed by atoms with Crippen LogP contribution in [0.1, 0.15) is 32.0 Å². The molecule has 0 bridgehead atoms. The maximum atomic E-state index is 13.6. The van der Waals surface area contributed by atoms with Crippen LogP contribution in [0.25, 0.3) is 28.2 Å². The van der Waals surface area contributed by atoms with Crippen molar-refractivity contribution in [2.45, 2.75) is 39.5 Å². The number of imidazole rings is 1. The molecule has 0 spiro atoms. The number of para-hydroxylation sites is 2. The summed E-state index contributed by atoms with van der Waals surface area (Å²) in [6.45, 7) is 6.13. The third kappa shape index (κ3) is 3.68. The molecule has 5 rings (SSSR count). The van der Waals surface area contributed by atoms with Crippen molar-refractivity contribution in [3.8, 4) is 17.2 Å². The van der Waals surface area contributed by atoms with Gasteiger partial charge in [-0.2, -0.15) is 0 Å². The molecule has 32 heavy (non-hydrogen) atoms. The van der Waals surface area contributed by atoms with Gasteiger partial charge in [0.1, 0.15) is 17.7 Å². The molecule has 4 aromatic rings. The highest BCUT2D eigenvalue weighted by atomic mass is 19.1. The summed E-state index contributed by atoms with van der Waals surface area (Å²) in [5, 5.41) is 0. The van der Waals surface area contributed by atoms with Crippen molar-refractivity contribution < 1.29 is 13.9 Å². The standard InChI is InChI=1S/C24H22FN5O2/c1-24(2,3)32-23(31)29-12-17-19(13-29)27-22(28-21(17)15-8-10-16(25)11-9-15)30-14-26-18-6-4-5-7-20(18)30/h4-11,14H,12-13H2,1-3H3. The van der Waals surface area contributed by atoms with Gasteiger partial charge in [0.25, 0.3) is 0 Å². The van der Waals surface area contributed by atoms with E-state index in [-0.39, 0.29) is 5.82 Å². The molecule has 0 fully saturated rings. The van der Waals surface area contributed by atoms with E-state index in [2.05, 4.69) is 4.98 Å². The summed E-state index contributed by atoms with van der Waals surface area (Å²) < 4.78 is 20.9. The van der Waals surface area contributed by atoms with E-state index in [1.807, 2.05) is 49.6 Å². The normalized spacial score (nSPS) is 13.4. The average molecular weight is 431 g/mol. The molecule has 0 radical (unpaired) electrons. The zero-order valence-corrected chi connectivity index (χ0v) is 18.0. The van der Waals surface area contributed by atoms with Crippen LogP contribution in [0.2, 0.25) is 0 Å². The highest BCUT2D eigenvalue weighted by Crippen LogP contribution is 2.32. The van der Waals surface area contributed by atoms with Gasteiger partial charge >= 0.3 is 6.09 Å². The van der Waals surface area contributed by atoms with E-state index >= 15 is 0 Å². The lowest BCUT2D eigenvalue weighted by Gasteiger charge is -2.24. The van der Waals surface area contributed by atoms with Gasteiger partial charge in [-0.15, -0.1) is 0 Å². The highest BCUT2D eigenvalue weighted by molar-refractivity contribution is 5.77. The molecule has 0 N–H and O–H groups in total. The topological polar surface area (TPSA) is 73.1 Å². The summed E-state index contributed by atoms with van der Waals surface area (Å²) in [5.74, 6) is 0.124. The van der Waals surface area contributed by atoms with E-state index in [1.54, 1.807) is 23.4 Å². The minimum absolute atomic E-state index is 0.306. The minimum atomic E-state index is -0.599. The molecule has 0 saturated carbocycles. The van der Waals surface area contributed by atoms with Crippen LogP contribution in [0.3, 0.4) is 0 Å². The number of carbonyl (C=O) groups is 1. The largest absolute Gasteiger partial charge is 0.444 e. The Morgan fingerprint density at radius 1 is 1.03 bits per heavy atom. The van der Waals surface area contributed by atoms with E-state index in [0.29, 0.717) is 24.7 Å². The molecular formula is C24H22FN5O2. The van der Waals surface area contributed by atoms with Gasteiger partial charge in [-0.1, -0.05) is 12.1 Å². The van der Waals surface area contributed by atoms with Crippen LogP contribution in [0.4, 0.5) is 9.18 Å². The number of hydrogen-bond acceptors (Lipinski definition) is 5. The number of ether oxygens (including phenoxy) is 1. The second kappa shape index (κ2) is 7.40. The number of halogens is 1. The third-order valence-electron chi connectivity index (χ3n) is 5.21. The Labute approximate surface area is 184 Å². The first kappa shape index (κ1) is 20.1. The molecule has 1 amide bonds. The van der Waals surface area contributed by atoms with Crippen LogP contribution in [-0.2, 0) is 17.8 Å². The first-order valence-corrected chi connectivity index (χ1v) is 10.3. The Hall–Kier alpha value is -3.81. The quantitative estimate of drug-likeness (QED) is 0.453. The summed E-state index contributed by atoms with van der Waals surface area (Å²) in [6, 6.07) is 13.9. The molecule has 1 aliphatic heterocycles. The van der Waals surface area contributed by atoms with E-state index in [4.69, 9.17) is 14.7 Å². The van der Waals surface area contributed by atoms with E-state index in [0.717, 1.165) is 27.9 Å². The second-order valence-electron chi connectivity index (χ2n) is 8.74. The van der Waals surface area contributed by atoms with Crippen LogP contribution in [0.15, 0.2) is 54.9 Å². The van der Waals surface area contributed by atoms with E-state index in [9.17, 15) is 9.18 Å². The number of carbonyl (C=O) groups excluding carboxylic acids is 1. The number of aromatic nitrogens is 4. The SMILES string of the molecule is CC(C)(C)OC(=O)N1Cc2nc(-n3cnc4ccccc43)nc(-c3ccc(F)cc3)c2C1. The van der Waals surface area contributed by atoms with Crippen molar-refractivity contribution in [1.82, 2.24) is 24.4 Å². The Morgan fingerprint density at radius 2 is 1.78 bits per heavy atom. The fourth-order valence-corrected chi connectivity index (χ4v) is 3.77. The van der Waals surface area contributed by atoms with Gasteiger partial charge in [0, 0.05) is 11.1 Å². The molecule has 0 unspecified atom stereocenters. The lowest BCUT2D eigenvalue weighted by molar-refractivity contribution is 0.0241.